The van der Waals surface area contributed by atoms with E-state index < -0.39 is 20.8 Å². The van der Waals surface area contributed by atoms with Gasteiger partial charge >= 0.3 is 37.9 Å². The molecule has 62 heavy (non-hydrogen) atoms. The summed E-state index contributed by atoms with van der Waals surface area (Å²) in [6.45, 7) is 27.4. The van der Waals surface area contributed by atoms with Crippen LogP contribution >= 0.6 is 17.0 Å². The van der Waals surface area contributed by atoms with Crippen LogP contribution in [-0.4, -0.2) is 9.52 Å². The Balaban J connectivity index is 0.000000155. The first kappa shape index (κ1) is 47.7. The maximum Gasteiger partial charge on any atom is 0.0920 e. The van der Waals surface area contributed by atoms with Gasteiger partial charge in [0.05, 0.1) is 9.52 Å². The molecular weight excluding hydrogens is 887 g/mol. The Kier molecular flexibility index (Phi) is 15.7. The Bertz CT molecular complexity index is 2580. The molecule has 0 nitrogen and oxygen atoms in total. The van der Waals surface area contributed by atoms with Crippen molar-refractivity contribution in [1.82, 2.24) is 0 Å². The number of hydrogen-bond donors (Lipinski definition) is 0. The molecule has 1 heterocycles. The van der Waals surface area contributed by atoms with Crippen molar-refractivity contribution in [2.24, 2.45) is 0 Å². The van der Waals surface area contributed by atoms with Crippen LogP contribution in [0.15, 0.2) is 140 Å². The summed E-state index contributed by atoms with van der Waals surface area (Å²) in [5.41, 5.74) is 17.1. The third kappa shape index (κ3) is 10.8. The van der Waals surface area contributed by atoms with Crippen molar-refractivity contribution in [3.63, 3.8) is 0 Å². The molecule has 0 bridgehead atoms. The van der Waals surface area contributed by atoms with Gasteiger partial charge in [-0.15, -0.1) is 74.6 Å². The molecule has 0 aliphatic carbocycles. The number of fused-ring (bicyclic) bond motifs is 5. The minimum absolute atomic E-state index is 0.124. The van der Waals surface area contributed by atoms with Gasteiger partial charge in [-0.2, -0.15) is 41.6 Å². The van der Waals surface area contributed by atoms with Crippen LogP contribution < -0.4 is 10.4 Å². The maximum absolute atomic E-state index is 4.93. The van der Waals surface area contributed by atoms with E-state index in [-0.39, 0.29) is 10.8 Å². The number of hydrogen-bond acceptors (Lipinski definition) is 0. The zero-order valence-corrected chi connectivity index (χ0v) is 43.7. The number of benzene rings is 6. The molecule has 9 rings (SSSR count). The van der Waals surface area contributed by atoms with Gasteiger partial charge in [0.15, 0.2) is 0 Å². The second-order valence-electron chi connectivity index (χ2n) is 19.2. The molecule has 0 spiro atoms. The summed E-state index contributed by atoms with van der Waals surface area (Å²) in [5, 5.41) is 8.31. The topological polar surface area (TPSA) is 0 Å². The van der Waals surface area contributed by atoms with Crippen molar-refractivity contribution in [2.75, 3.05) is 0 Å². The molecule has 0 aromatic heterocycles. The van der Waals surface area contributed by atoms with Crippen molar-refractivity contribution in [3.05, 3.63) is 179 Å². The van der Waals surface area contributed by atoms with Gasteiger partial charge in [-0.1, -0.05) is 189 Å². The predicted octanol–water partition coefficient (Wildman–Crippen LogP) is 16.4. The Morgan fingerprint density at radius 1 is 0.532 bits per heavy atom. The molecule has 0 amide bonds. The summed E-state index contributed by atoms with van der Waals surface area (Å²) < 4.78 is 0. The average Bonchev–Trinajstić information content (AvgIpc) is 3.93. The van der Waals surface area contributed by atoms with Gasteiger partial charge in [0.2, 0.25) is 0 Å². The quantitative estimate of drug-likeness (QED) is 0.122. The van der Waals surface area contributed by atoms with Crippen molar-refractivity contribution in [3.8, 4) is 33.4 Å². The minimum Gasteiger partial charge on any atom is -0.184 e. The fraction of sp³-hybridized carbons (Fsp3) is 0.276. The van der Waals surface area contributed by atoms with Crippen LogP contribution in [0.1, 0.15) is 114 Å². The van der Waals surface area contributed by atoms with E-state index in [1.165, 1.54) is 98.7 Å². The Morgan fingerprint density at radius 3 is 1.37 bits per heavy atom. The molecule has 1 aliphatic heterocycles. The first-order valence-corrected chi connectivity index (χ1v) is 29.2. The number of halogens is 2. The molecule has 8 aromatic carbocycles. The van der Waals surface area contributed by atoms with E-state index in [1.54, 1.807) is 0 Å². The fourth-order valence-corrected chi connectivity index (χ4v) is 10.2. The first-order chi connectivity index (χ1) is 29.4. The van der Waals surface area contributed by atoms with E-state index in [1.807, 2.05) is 6.07 Å². The number of aryl methyl sites for hydroxylation is 2. The maximum atomic E-state index is 4.93. The molecule has 0 saturated heterocycles. The standard InChI is InChI=1S/2C23H27.C12H7Si.2ClH.Zr/c2*1-15(2)18-9-7-8-10-19(18)22-20-14-16(3)13-17(20)11-12-21(22)23(4,5)6;1-3-7-11-9(5-1)10-6-2-4-8-12(10)13-11;;;/h2*7-15H,1-6H3;1-7H;2*1H;/q3*-1;;;+2/p-2. The van der Waals surface area contributed by atoms with Gasteiger partial charge in [-0.3, -0.25) is 0 Å². The van der Waals surface area contributed by atoms with Crippen LogP contribution in [0, 0.1) is 19.9 Å². The van der Waals surface area contributed by atoms with Crippen molar-refractivity contribution in [2.45, 2.75) is 106 Å². The second-order valence-corrected chi connectivity index (χ2v) is 24.3. The summed E-state index contributed by atoms with van der Waals surface area (Å²) in [7, 11) is 10.7. The minimum atomic E-state index is -0.826. The molecular formula is C58H61Cl2SiZr-3. The van der Waals surface area contributed by atoms with Crippen LogP contribution in [0.2, 0.25) is 0 Å². The van der Waals surface area contributed by atoms with Gasteiger partial charge in [0, 0.05) is 0 Å². The summed E-state index contributed by atoms with van der Waals surface area (Å²) in [5.74, 6) is 1.04. The van der Waals surface area contributed by atoms with Gasteiger partial charge in [-0.25, -0.2) is 0 Å². The second kappa shape index (κ2) is 20.4. The van der Waals surface area contributed by atoms with E-state index in [9.17, 15) is 0 Å². The molecule has 0 unspecified atom stereocenters. The molecule has 4 heteroatoms. The zero-order chi connectivity index (χ0) is 44.9. The summed E-state index contributed by atoms with van der Waals surface area (Å²) in [6, 6.07) is 54.5. The summed E-state index contributed by atoms with van der Waals surface area (Å²) in [6.07, 6.45) is 0. The van der Waals surface area contributed by atoms with E-state index in [0.29, 0.717) is 11.8 Å². The van der Waals surface area contributed by atoms with Crippen LogP contribution in [0.5, 0.6) is 0 Å². The van der Waals surface area contributed by atoms with Gasteiger partial charge in [0.1, 0.15) is 0 Å². The largest absolute Gasteiger partial charge is 0.184 e. The molecule has 0 fully saturated rings. The molecule has 318 valence electrons. The van der Waals surface area contributed by atoms with E-state index >= 15 is 0 Å². The monoisotopic (exact) mass is 945 g/mol. The Morgan fingerprint density at radius 2 is 0.935 bits per heavy atom. The predicted molar refractivity (Wildman–Crippen MR) is 272 cm³/mol. The van der Waals surface area contributed by atoms with E-state index in [0.717, 1.165) is 9.52 Å². The van der Waals surface area contributed by atoms with Crippen LogP contribution in [0.25, 0.3) is 54.9 Å². The third-order valence-corrected chi connectivity index (χ3v) is 13.1. The van der Waals surface area contributed by atoms with Crippen molar-refractivity contribution >= 4 is 58.5 Å². The average molecular weight is 948 g/mol. The fourth-order valence-electron chi connectivity index (χ4n) is 8.88. The molecule has 1 aliphatic rings. The Labute approximate surface area is 394 Å². The van der Waals surface area contributed by atoms with Gasteiger partial charge in [0.25, 0.3) is 0 Å². The van der Waals surface area contributed by atoms with Crippen molar-refractivity contribution < 1.29 is 20.8 Å². The molecule has 0 saturated carbocycles. The normalized spacial score (nSPS) is 11.9. The molecule has 0 N–H and O–H groups in total. The van der Waals surface area contributed by atoms with Gasteiger partial charge < -0.3 is 0 Å². The van der Waals surface area contributed by atoms with Gasteiger partial charge in [-0.05, 0) is 44.9 Å². The Hall–Kier alpha value is -3.78. The molecule has 0 atom stereocenters. The van der Waals surface area contributed by atoms with E-state index in [2.05, 4.69) is 223 Å². The molecule has 8 aromatic rings. The summed E-state index contributed by atoms with van der Waals surface area (Å²) >= 11 is -0.826. The van der Waals surface area contributed by atoms with Crippen LogP contribution in [-0.2, 0) is 31.7 Å². The first-order valence-electron chi connectivity index (χ1n) is 21.9. The third-order valence-electron chi connectivity index (χ3n) is 11.7. The van der Waals surface area contributed by atoms with Crippen molar-refractivity contribution in [1.29, 1.82) is 0 Å². The zero-order valence-electron chi connectivity index (χ0n) is 38.7. The summed E-state index contributed by atoms with van der Waals surface area (Å²) in [4.78, 5) is 0. The van der Waals surface area contributed by atoms with E-state index in [4.69, 9.17) is 17.0 Å². The van der Waals surface area contributed by atoms with Crippen LogP contribution in [0.3, 0.4) is 0 Å². The molecule has 2 radical (unpaired) electrons. The SMILES string of the molecule is Cc1cc2c(-c3ccccc3C(C)C)c(C(C)(C)C)ccc2[cH-]1.Cc1cc2c(-c3ccccc3C(C)C)c(C(C)(C)C)ccc2[cH-]1.[Cl][Zr][Cl].[c-]1cccc2c1[Si]c1ccccc1-2. The number of rotatable bonds is 4. The smallest absolute Gasteiger partial charge is 0.0920 e. The van der Waals surface area contributed by atoms with Crippen LogP contribution in [0.4, 0.5) is 0 Å².